The molecular formula is C21H24N2O5. The van der Waals surface area contributed by atoms with Gasteiger partial charge in [-0.15, -0.1) is 0 Å². The summed E-state index contributed by atoms with van der Waals surface area (Å²) in [5.74, 6) is 0.407. The number of aryl methyl sites for hydroxylation is 1. The quantitative estimate of drug-likeness (QED) is 0.487. The summed E-state index contributed by atoms with van der Waals surface area (Å²) in [6, 6.07) is 8.64. The van der Waals surface area contributed by atoms with Crippen LogP contribution in [0.15, 0.2) is 24.3 Å². The Labute approximate surface area is 164 Å². The van der Waals surface area contributed by atoms with Gasteiger partial charge >= 0.3 is 5.97 Å². The average molecular weight is 384 g/mol. The van der Waals surface area contributed by atoms with Gasteiger partial charge in [-0.3, -0.25) is 9.59 Å². The van der Waals surface area contributed by atoms with Gasteiger partial charge in [0.15, 0.2) is 18.1 Å². The van der Waals surface area contributed by atoms with Crippen LogP contribution >= 0.6 is 0 Å². The van der Waals surface area contributed by atoms with E-state index in [1.807, 2.05) is 30.6 Å². The standard InChI is InChI=1S/C21H24N2O5/c1-14-10-17(15(2)23(14)9-5-6-21(25)27-4)18(24)13-28-19-8-7-16(12-22)11-20(19)26-3/h7-8,10-11H,5-6,9,13H2,1-4H3. The molecule has 1 aromatic carbocycles. The van der Waals surface area contributed by atoms with E-state index in [9.17, 15) is 9.59 Å². The van der Waals surface area contributed by atoms with Gasteiger partial charge in [0.2, 0.25) is 5.78 Å². The first-order valence-corrected chi connectivity index (χ1v) is 8.89. The third kappa shape index (κ3) is 4.92. The Bertz CT molecular complexity index is 908. The van der Waals surface area contributed by atoms with Gasteiger partial charge in [-0.1, -0.05) is 0 Å². The van der Waals surface area contributed by atoms with Gasteiger partial charge in [-0.05, 0) is 38.5 Å². The summed E-state index contributed by atoms with van der Waals surface area (Å²) < 4.78 is 17.5. The van der Waals surface area contributed by atoms with Crippen molar-refractivity contribution in [3.8, 4) is 17.6 Å². The van der Waals surface area contributed by atoms with Crippen LogP contribution in [0, 0.1) is 25.2 Å². The number of rotatable bonds is 9. The van der Waals surface area contributed by atoms with E-state index < -0.39 is 0 Å². The monoisotopic (exact) mass is 384 g/mol. The van der Waals surface area contributed by atoms with Crippen LogP contribution in [0.25, 0.3) is 0 Å². The number of hydrogen-bond acceptors (Lipinski definition) is 6. The van der Waals surface area contributed by atoms with Crippen LogP contribution in [0.3, 0.4) is 0 Å². The summed E-state index contributed by atoms with van der Waals surface area (Å²) >= 11 is 0. The molecule has 1 aromatic heterocycles. The highest BCUT2D eigenvalue weighted by Gasteiger charge is 2.17. The molecule has 0 aliphatic rings. The summed E-state index contributed by atoms with van der Waals surface area (Å²) in [6.45, 7) is 4.28. The van der Waals surface area contributed by atoms with Crippen molar-refractivity contribution in [2.75, 3.05) is 20.8 Å². The van der Waals surface area contributed by atoms with E-state index in [1.54, 1.807) is 18.2 Å². The van der Waals surface area contributed by atoms with Crippen LogP contribution in [-0.4, -0.2) is 37.1 Å². The first-order valence-electron chi connectivity index (χ1n) is 8.89. The molecule has 28 heavy (non-hydrogen) atoms. The van der Waals surface area contributed by atoms with E-state index in [2.05, 4.69) is 4.74 Å². The molecule has 0 fully saturated rings. The number of ketones is 1. The largest absolute Gasteiger partial charge is 0.493 e. The average Bonchev–Trinajstić information content (AvgIpc) is 2.99. The number of methoxy groups -OCH3 is 2. The van der Waals surface area contributed by atoms with Crippen LogP contribution in [0.1, 0.15) is 40.2 Å². The number of carbonyl (C=O) groups excluding carboxylic acids is 2. The first-order chi connectivity index (χ1) is 13.4. The maximum atomic E-state index is 12.6. The molecule has 0 saturated carbocycles. The third-order valence-electron chi connectivity index (χ3n) is 4.52. The predicted octanol–water partition coefficient (Wildman–Crippen LogP) is 3.20. The van der Waals surface area contributed by atoms with Gasteiger partial charge in [-0.25, -0.2) is 0 Å². The number of carbonyl (C=O) groups is 2. The van der Waals surface area contributed by atoms with Gasteiger partial charge in [0.25, 0.3) is 0 Å². The molecule has 0 N–H and O–H groups in total. The second-order valence-electron chi connectivity index (χ2n) is 6.31. The summed E-state index contributed by atoms with van der Waals surface area (Å²) in [4.78, 5) is 23.9. The Morgan fingerprint density at radius 1 is 1.14 bits per heavy atom. The number of nitrogens with zero attached hydrogens (tertiary/aromatic N) is 2. The summed E-state index contributed by atoms with van der Waals surface area (Å²) in [7, 11) is 2.85. The summed E-state index contributed by atoms with van der Waals surface area (Å²) in [5.41, 5.74) is 2.82. The van der Waals surface area contributed by atoms with E-state index in [4.69, 9.17) is 14.7 Å². The number of benzene rings is 1. The SMILES string of the molecule is COC(=O)CCCn1c(C)cc(C(=O)COc2ccc(C#N)cc2OC)c1C. The van der Waals surface area contributed by atoms with Crippen molar-refractivity contribution in [1.82, 2.24) is 4.57 Å². The van der Waals surface area contributed by atoms with Gasteiger partial charge < -0.3 is 18.8 Å². The second-order valence-corrected chi connectivity index (χ2v) is 6.31. The molecule has 0 aliphatic carbocycles. The normalized spacial score (nSPS) is 10.2. The fraction of sp³-hybridized carbons (Fsp3) is 0.381. The molecule has 0 saturated heterocycles. The number of nitriles is 1. The lowest BCUT2D eigenvalue weighted by Gasteiger charge is -2.11. The van der Waals surface area contributed by atoms with Crippen LogP contribution in [0.2, 0.25) is 0 Å². The van der Waals surface area contributed by atoms with Crippen molar-refractivity contribution in [2.45, 2.75) is 33.2 Å². The zero-order chi connectivity index (χ0) is 20.7. The number of Topliss-reactive ketones (excluding diaryl/α,β-unsaturated/α-hetero) is 1. The van der Waals surface area contributed by atoms with E-state index in [0.717, 1.165) is 11.4 Å². The molecule has 0 spiro atoms. The minimum atomic E-state index is -0.247. The summed E-state index contributed by atoms with van der Waals surface area (Å²) in [6.07, 6.45) is 0.966. The van der Waals surface area contributed by atoms with Crippen molar-refractivity contribution in [3.05, 3.63) is 46.8 Å². The van der Waals surface area contributed by atoms with E-state index in [1.165, 1.54) is 14.2 Å². The van der Waals surface area contributed by atoms with Crippen LogP contribution in [0.5, 0.6) is 11.5 Å². The highest BCUT2D eigenvalue weighted by molar-refractivity contribution is 5.98. The smallest absolute Gasteiger partial charge is 0.305 e. The summed E-state index contributed by atoms with van der Waals surface area (Å²) in [5, 5.41) is 8.95. The maximum absolute atomic E-state index is 12.6. The van der Waals surface area contributed by atoms with E-state index in [-0.39, 0.29) is 18.4 Å². The van der Waals surface area contributed by atoms with E-state index in [0.29, 0.717) is 42.0 Å². The molecule has 148 valence electrons. The Hall–Kier alpha value is -3.27. The Balaban J connectivity index is 2.06. The Morgan fingerprint density at radius 2 is 1.89 bits per heavy atom. The Morgan fingerprint density at radius 3 is 2.54 bits per heavy atom. The maximum Gasteiger partial charge on any atom is 0.305 e. The number of esters is 1. The zero-order valence-electron chi connectivity index (χ0n) is 16.6. The van der Waals surface area contributed by atoms with Crippen molar-refractivity contribution >= 4 is 11.8 Å². The fourth-order valence-electron chi connectivity index (χ4n) is 2.99. The van der Waals surface area contributed by atoms with Crippen molar-refractivity contribution in [1.29, 1.82) is 5.26 Å². The molecule has 0 unspecified atom stereocenters. The molecule has 1 heterocycles. The molecular weight excluding hydrogens is 360 g/mol. The lowest BCUT2D eigenvalue weighted by atomic mass is 10.1. The van der Waals surface area contributed by atoms with Gasteiger partial charge in [-0.2, -0.15) is 5.26 Å². The fourth-order valence-corrected chi connectivity index (χ4v) is 2.99. The molecule has 7 heteroatoms. The van der Waals surface area contributed by atoms with Gasteiger partial charge in [0, 0.05) is 36.0 Å². The topological polar surface area (TPSA) is 90.5 Å². The van der Waals surface area contributed by atoms with Crippen LogP contribution in [0.4, 0.5) is 0 Å². The molecule has 0 aliphatic heterocycles. The molecule has 0 radical (unpaired) electrons. The van der Waals surface area contributed by atoms with Crippen molar-refractivity contribution < 1.29 is 23.8 Å². The highest BCUT2D eigenvalue weighted by atomic mass is 16.5. The lowest BCUT2D eigenvalue weighted by molar-refractivity contribution is -0.140. The molecule has 2 aromatic rings. The van der Waals surface area contributed by atoms with Crippen LogP contribution in [-0.2, 0) is 16.1 Å². The third-order valence-corrected chi connectivity index (χ3v) is 4.52. The first kappa shape index (κ1) is 21.0. The highest BCUT2D eigenvalue weighted by Crippen LogP contribution is 2.28. The molecule has 7 nitrogen and oxygen atoms in total. The van der Waals surface area contributed by atoms with Gasteiger partial charge in [0.05, 0.1) is 25.9 Å². The van der Waals surface area contributed by atoms with Crippen molar-refractivity contribution in [2.24, 2.45) is 0 Å². The van der Waals surface area contributed by atoms with E-state index >= 15 is 0 Å². The lowest BCUT2D eigenvalue weighted by Crippen LogP contribution is -2.13. The number of aromatic nitrogens is 1. The Kier molecular flexibility index (Phi) is 7.21. The number of ether oxygens (including phenoxy) is 3. The minimum Gasteiger partial charge on any atom is -0.493 e. The molecule has 0 bridgehead atoms. The number of hydrogen-bond donors (Lipinski definition) is 0. The van der Waals surface area contributed by atoms with Crippen molar-refractivity contribution in [3.63, 3.8) is 0 Å². The second kappa shape index (κ2) is 9.60. The van der Waals surface area contributed by atoms with Crippen LogP contribution < -0.4 is 9.47 Å². The minimum absolute atomic E-state index is 0.144. The molecule has 0 amide bonds. The zero-order valence-corrected chi connectivity index (χ0v) is 16.6. The molecule has 0 atom stereocenters. The van der Waals surface area contributed by atoms with Gasteiger partial charge in [0.1, 0.15) is 0 Å². The molecule has 2 rings (SSSR count). The predicted molar refractivity (Wildman–Crippen MR) is 103 cm³/mol.